The van der Waals surface area contributed by atoms with Crippen molar-refractivity contribution in [2.24, 2.45) is 5.73 Å². The fourth-order valence-electron chi connectivity index (χ4n) is 2.30. The minimum atomic E-state index is -0.512. The van der Waals surface area contributed by atoms with Gasteiger partial charge in [0.2, 0.25) is 5.91 Å². The minimum Gasteiger partial charge on any atom is -0.464 e. The lowest BCUT2D eigenvalue weighted by atomic mass is 10.1. The molecule has 8 nitrogen and oxygen atoms in total. The van der Waals surface area contributed by atoms with Gasteiger partial charge in [-0.2, -0.15) is 0 Å². The number of rotatable bonds is 5. The van der Waals surface area contributed by atoms with Crippen LogP contribution in [0.3, 0.4) is 0 Å². The van der Waals surface area contributed by atoms with Crippen molar-refractivity contribution in [2.75, 3.05) is 32.1 Å². The Morgan fingerprint density at radius 2 is 2.14 bits per heavy atom. The number of nitrogens with one attached hydrogen (secondary N) is 1. The Bertz CT molecular complexity index is 514. The summed E-state index contributed by atoms with van der Waals surface area (Å²) in [6.07, 6.45) is 4.68. The zero-order valence-corrected chi connectivity index (χ0v) is 11.9. The topological polar surface area (TPSA) is 110 Å². The van der Waals surface area contributed by atoms with Crippen molar-refractivity contribution in [2.45, 2.75) is 18.9 Å². The zero-order chi connectivity index (χ0) is 15.2. The van der Waals surface area contributed by atoms with E-state index in [2.05, 4.69) is 20.0 Å². The summed E-state index contributed by atoms with van der Waals surface area (Å²) in [5.41, 5.74) is 5.36. The van der Waals surface area contributed by atoms with E-state index in [4.69, 9.17) is 5.73 Å². The highest BCUT2D eigenvalue weighted by Gasteiger charge is 2.20. The van der Waals surface area contributed by atoms with E-state index in [1.54, 1.807) is 6.20 Å². The number of piperidine rings is 1. The van der Waals surface area contributed by atoms with Gasteiger partial charge in [0.15, 0.2) is 5.69 Å². The van der Waals surface area contributed by atoms with E-state index < -0.39 is 5.97 Å². The number of carbonyl (C=O) groups is 2. The number of methoxy groups -OCH3 is 1. The molecular weight excluding hydrogens is 274 g/mol. The van der Waals surface area contributed by atoms with Gasteiger partial charge >= 0.3 is 5.97 Å². The normalized spacial score (nSPS) is 16.4. The highest BCUT2D eigenvalue weighted by Crippen LogP contribution is 2.14. The first-order valence-corrected chi connectivity index (χ1v) is 6.76. The average Bonchev–Trinajstić information content (AvgIpc) is 2.48. The minimum absolute atomic E-state index is 0.175. The summed E-state index contributed by atoms with van der Waals surface area (Å²) in [6, 6.07) is 0.233. The molecule has 21 heavy (non-hydrogen) atoms. The number of ether oxygens (including phenoxy) is 1. The van der Waals surface area contributed by atoms with E-state index in [0.29, 0.717) is 12.4 Å². The number of esters is 1. The second kappa shape index (κ2) is 6.98. The highest BCUT2D eigenvalue weighted by atomic mass is 16.5. The molecule has 0 atom stereocenters. The van der Waals surface area contributed by atoms with E-state index in [1.807, 2.05) is 4.90 Å². The van der Waals surface area contributed by atoms with Crippen LogP contribution in [0.4, 0.5) is 5.82 Å². The Balaban J connectivity index is 1.89. The van der Waals surface area contributed by atoms with Crippen molar-refractivity contribution in [3.05, 3.63) is 18.1 Å². The van der Waals surface area contributed by atoms with Crippen LogP contribution in [0.2, 0.25) is 0 Å². The van der Waals surface area contributed by atoms with Gasteiger partial charge in [-0.1, -0.05) is 0 Å². The highest BCUT2D eigenvalue weighted by molar-refractivity contribution is 5.87. The van der Waals surface area contributed by atoms with Crippen molar-refractivity contribution < 1.29 is 14.3 Å². The van der Waals surface area contributed by atoms with E-state index in [9.17, 15) is 9.59 Å². The Labute approximate surface area is 122 Å². The monoisotopic (exact) mass is 293 g/mol. The molecule has 2 heterocycles. The number of nitrogens with two attached hydrogens (primary N) is 1. The smallest absolute Gasteiger partial charge is 0.358 e. The molecule has 0 bridgehead atoms. The molecule has 0 unspecified atom stereocenters. The molecule has 114 valence electrons. The van der Waals surface area contributed by atoms with Gasteiger partial charge in [-0.25, -0.2) is 9.78 Å². The van der Waals surface area contributed by atoms with Gasteiger partial charge in [-0.3, -0.25) is 14.7 Å². The number of likely N-dealkylation sites (tertiary alicyclic amines) is 1. The van der Waals surface area contributed by atoms with Crippen LogP contribution in [0.15, 0.2) is 12.4 Å². The molecule has 1 aromatic rings. The largest absolute Gasteiger partial charge is 0.464 e. The van der Waals surface area contributed by atoms with Crippen molar-refractivity contribution >= 4 is 17.7 Å². The van der Waals surface area contributed by atoms with Crippen LogP contribution < -0.4 is 11.1 Å². The predicted molar refractivity (Wildman–Crippen MR) is 75.7 cm³/mol. The van der Waals surface area contributed by atoms with Crippen molar-refractivity contribution in [3.8, 4) is 0 Å². The van der Waals surface area contributed by atoms with Gasteiger partial charge in [0, 0.05) is 19.1 Å². The molecule has 1 saturated heterocycles. The molecule has 0 aromatic carbocycles. The Kier molecular flexibility index (Phi) is 5.04. The quantitative estimate of drug-likeness (QED) is 0.712. The van der Waals surface area contributed by atoms with Crippen LogP contribution >= 0.6 is 0 Å². The molecule has 1 aliphatic rings. The lowest BCUT2D eigenvalue weighted by Gasteiger charge is -2.31. The Morgan fingerprint density at radius 1 is 1.43 bits per heavy atom. The Morgan fingerprint density at radius 3 is 2.76 bits per heavy atom. The number of hydrogen-bond donors (Lipinski definition) is 2. The third-order valence-corrected chi connectivity index (χ3v) is 3.35. The zero-order valence-electron chi connectivity index (χ0n) is 11.9. The van der Waals surface area contributed by atoms with E-state index in [1.165, 1.54) is 13.3 Å². The number of hydrogen-bond acceptors (Lipinski definition) is 7. The predicted octanol–water partition coefficient (Wildman–Crippen LogP) is -0.375. The van der Waals surface area contributed by atoms with Gasteiger partial charge in [0.05, 0.1) is 26.0 Å². The lowest BCUT2D eigenvalue weighted by Crippen LogP contribution is -2.43. The van der Waals surface area contributed by atoms with E-state index >= 15 is 0 Å². The molecule has 0 spiro atoms. The van der Waals surface area contributed by atoms with Crippen LogP contribution in [0, 0.1) is 0 Å². The van der Waals surface area contributed by atoms with Crippen LogP contribution in [0.1, 0.15) is 23.3 Å². The van der Waals surface area contributed by atoms with Crippen LogP contribution in [0.5, 0.6) is 0 Å². The second-order valence-electron chi connectivity index (χ2n) is 4.94. The molecule has 1 amide bonds. The van der Waals surface area contributed by atoms with Crippen LogP contribution in [0.25, 0.3) is 0 Å². The Hall–Kier alpha value is -2.22. The molecule has 1 aliphatic heterocycles. The number of primary amides is 1. The summed E-state index contributed by atoms with van der Waals surface area (Å²) in [4.78, 5) is 32.4. The maximum Gasteiger partial charge on any atom is 0.358 e. The molecule has 1 fully saturated rings. The lowest BCUT2D eigenvalue weighted by molar-refractivity contribution is -0.119. The first kappa shape index (κ1) is 15.2. The second-order valence-corrected chi connectivity index (χ2v) is 4.94. The van der Waals surface area contributed by atoms with Gasteiger partial charge in [-0.05, 0) is 12.8 Å². The molecule has 0 saturated carbocycles. The van der Waals surface area contributed by atoms with Crippen LogP contribution in [-0.2, 0) is 9.53 Å². The summed E-state index contributed by atoms with van der Waals surface area (Å²) in [7, 11) is 1.30. The number of nitrogens with zero attached hydrogens (tertiary/aromatic N) is 3. The summed E-state index contributed by atoms with van der Waals surface area (Å²) < 4.78 is 4.61. The first-order valence-electron chi connectivity index (χ1n) is 6.76. The van der Waals surface area contributed by atoms with Gasteiger partial charge in [0.25, 0.3) is 0 Å². The number of amides is 1. The summed E-state index contributed by atoms with van der Waals surface area (Å²) in [6.45, 7) is 1.89. The standard InChI is InChI=1S/C13H19N5O3/c1-21-13(20)10-6-15-7-12(17-10)16-9-2-4-18(5-3-9)8-11(14)19/h6-7,9H,2-5,8H2,1H3,(H2,14,19)(H,16,17). The van der Waals surface area contributed by atoms with Gasteiger partial charge in [-0.15, -0.1) is 0 Å². The number of anilines is 1. The molecule has 8 heteroatoms. The van der Waals surface area contributed by atoms with Crippen molar-refractivity contribution in [1.29, 1.82) is 0 Å². The van der Waals surface area contributed by atoms with Gasteiger partial charge < -0.3 is 15.8 Å². The fourth-order valence-corrected chi connectivity index (χ4v) is 2.30. The number of aromatic nitrogens is 2. The molecular formula is C13H19N5O3. The van der Waals surface area contributed by atoms with Crippen LogP contribution in [-0.4, -0.2) is 59.5 Å². The van der Waals surface area contributed by atoms with E-state index in [0.717, 1.165) is 25.9 Å². The summed E-state index contributed by atoms with van der Waals surface area (Å²) >= 11 is 0. The molecule has 3 N–H and O–H groups in total. The SMILES string of the molecule is COC(=O)c1cncc(NC2CCN(CC(N)=O)CC2)n1. The maximum absolute atomic E-state index is 11.4. The fraction of sp³-hybridized carbons (Fsp3) is 0.538. The van der Waals surface area contributed by atoms with Crippen molar-refractivity contribution in [1.82, 2.24) is 14.9 Å². The third kappa shape index (κ3) is 4.38. The first-order chi connectivity index (χ1) is 10.1. The third-order valence-electron chi connectivity index (χ3n) is 3.35. The molecule has 0 radical (unpaired) electrons. The average molecular weight is 293 g/mol. The van der Waals surface area contributed by atoms with E-state index in [-0.39, 0.29) is 17.6 Å². The summed E-state index contributed by atoms with van der Waals surface area (Å²) in [5.74, 6) is -0.272. The van der Waals surface area contributed by atoms with Crippen molar-refractivity contribution in [3.63, 3.8) is 0 Å². The molecule has 0 aliphatic carbocycles. The maximum atomic E-state index is 11.4. The summed E-state index contributed by atoms with van der Waals surface area (Å²) in [5, 5.41) is 3.25. The number of carbonyl (C=O) groups excluding carboxylic acids is 2. The molecule has 2 rings (SSSR count). The van der Waals surface area contributed by atoms with Gasteiger partial charge in [0.1, 0.15) is 5.82 Å². The molecule has 1 aromatic heterocycles.